The van der Waals surface area contributed by atoms with Gasteiger partial charge in [0.2, 0.25) is 5.91 Å². The van der Waals surface area contributed by atoms with Crippen LogP contribution in [0, 0.1) is 0 Å². The van der Waals surface area contributed by atoms with Crippen LogP contribution in [-0.2, 0) is 14.3 Å². The maximum Gasteiger partial charge on any atom is 0.408 e. The largest absolute Gasteiger partial charge is 0.480 e. The van der Waals surface area contributed by atoms with Crippen LogP contribution in [0.1, 0.15) is 20.8 Å². The van der Waals surface area contributed by atoms with Crippen molar-refractivity contribution in [2.45, 2.75) is 32.4 Å². The molecule has 0 aliphatic heterocycles. The van der Waals surface area contributed by atoms with Crippen molar-refractivity contribution in [2.24, 2.45) is 0 Å². The van der Waals surface area contributed by atoms with Gasteiger partial charge in [0, 0.05) is 5.75 Å². The fourth-order valence-corrected chi connectivity index (χ4v) is 2.87. The summed E-state index contributed by atoms with van der Waals surface area (Å²) in [6.07, 6.45) is -0.833. The Hall–Kier alpha value is -1.64. The van der Waals surface area contributed by atoms with Crippen molar-refractivity contribution in [3.8, 4) is 0 Å². The zero-order valence-corrected chi connectivity index (χ0v) is 16.8. The van der Waals surface area contributed by atoms with Gasteiger partial charge in [-0.15, -0.1) is 11.8 Å². The number of halogens is 2. The van der Waals surface area contributed by atoms with Crippen LogP contribution < -0.4 is 10.6 Å². The highest BCUT2D eigenvalue weighted by molar-refractivity contribution is 8.00. The predicted molar refractivity (Wildman–Crippen MR) is 103 cm³/mol. The van der Waals surface area contributed by atoms with E-state index in [0.717, 1.165) is 11.8 Å². The number of carboxylic acid groups (broad SMARTS) is 1. The maximum atomic E-state index is 11.9. The van der Waals surface area contributed by atoms with E-state index >= 15 is 0 Å². The number of hydrogen-bond donors (Lipinski definition) is 3. The number of carbonyl (C=O) groups is 3. The molecule has 26 heavy (non-hydrogen) atoms. The van der Waals surface area contributed by atoms with E-state index in [2.05, 4.69) is 10.6 Å². The van der Waals surface area contributed by atoms with Crippen LogP contribution in [0.25, 0.3) is 0 Å². The molecular formula is C16H20Cl2N2O5S. The molecule has 0 spiro atoms. The van der Waals surface area contributed by atoms with E-state index in [-0.39, 0.29) is 22.4 Å². The molecule has 2 amide bonds. The summed E-state index contributed by atoms with van der Waals surface area (Å²) in [4.78, 5) is 34.8. The normalized spacial score (nSPS) is 12.2. The van der Waals surface area contributed by atoms with E-state index in [1.807, 2.05) is 0 Å². The van der Waals surface area contributed by atoms with E-state index in [1.54, 1.807) is 39.0 Å². The van der Waals surface area contributed by atoms with Gasteiger partial charge in [0.25, 0.3) is 0 Å². The van der Waals surface area contributed by atoms with E-state index in [1.165, 1.54) is 0 Å². The lowest BCUT2D eigenvalue weighted by atomic mass is 10.2. The highest BCUT2D eigenvalue weighted by Crippen LogP contribution is 2.29. The van der Waals surface area contributed by atoms with Crippen molar-refractivity contribution in [2.75, 3.05) is 16.8 Å². The topological polar surface area (TPSA) is 105 Å². The van der Waals surface area contributed by atoms with Crippen LogP contribution in [0.15, 0.2) is 18.2 Å². The summed E-state index contributed by atoms with van der Waals surface area (Å²) in [5.74, 6) is -1.63. The van der Waals surface area contributed by atoms with Crippen molar-refractivity contribution in [1.82, 2.24) is 5.32 Å². The highest BCUT2D eigenvalue weighted by Gasteiger charge is 2.24. The first-order valence-electron chi connectivity index (χ1n) is 7.53. The second kappa shape index (κ2) is 9.89. The van der Waals surface area contributed by atoms with Gasteiger partial charge in [-0.05, 0) is 32.9 Å². The first-order valence-corrected chi connectivity index (χ1v) is 9.44. The van der Waals surface area contributed by atoms with Crippen LogP contribution in [0.3, 0.4) is 0 Å². The fraction of sp³-hybridized carbons (Fsp3) is 0.438. The SMILES string of the molecule is CC(C)(C)OC(=O)NC(CSCC(=O)Nc1cccc(Cl)c1Cl)C(=O)O. The average molecular weight is 423 g/mol. The molecule has 0 aliphatic carbocycles. The van der Waals surface area contributed by atoms with Gasteiger partial charge in [0.15, 0.2) is 0 Å². The van der Waals surface area contributed by atoms with Crippen molar-refractivity contribution in [3.63, 3.8) is 0 Å². The van der Waals surface area contributed by atoms with Crippen LogP contribution in [0.5, 0.6) is 0 Å². The number of anilines is 1. The Kier molecular flexibility index (Phi) is 8.52. The van der Waals surface area contributed by atoms with Gasteiger partial charge in [0.05, 0.1) is 21.5 Å². The second-order valence-electron chi connectivity index (χ2n) is 6.20. The minimum Gasteiger partial charge on any atom is -0.480 e. The summed E-state index contributed by atoms with van der Waals surface area (Å²) in [6, 6.07) is 3.65. The number of alkyl carbamates (subject to hydrolysis) is 1. The first kappa shape index (κ1) is 22.4. The van der Waals surface area contributed by atoms with Crippen molar-refractivity contribution >= 4 is 58.6 Å². The third kappa shape index (κ3) is 8.16. The standard InChI is InChI=1S/C16H20Cl2N2O5S/c1-16(2,3)25-15(24)20-11(14(22)23)7-26-8-12(21)19-10-6-4-5-9(17)13(10)18/h4-6,11H,7-8H2,1-3H3,(H,19,21)(H,20,24)(H,22,23). The molecule has 1 aromatic carbocycles. The summed E-state index contributed by atoms with van der Waals surface area (Å²) in [6.45, 7) is 5.01. The molecule has 144 valence electrons. The van der Waals surface area contributed by atoms with Gasteiger partial charge in [-0.1, -0.05) is 29.3 Å². The van der Waals surface area contributed by atoms with Crippen LogP contribution in [0.2, 0.25) is 10.0 Å². The van der Waals surface area contributed by atoms with Crippen LogP contribution in [-0.4, -0.2) is 46.2 Å². The number of thioether (sulfide) groups is 1. The maximum absolute atomic E-state index is 11.9. The molecule has 0 radical (unpaired) electrons. The Morgan fingerprint density at radius 3 is 2.50 bits per heavy atom. The highest BCUT2D eigenvalue weighted by atomic mass is 35.5. The number of carboxylic acids is 1. The number of amides is 2. The predicted octanol–water partition coefficient (Wildman–Crippen LogP) is 3.64. The zero-order chi connectivity index (χ0) is 19.9. The summed E-state index contributed by atoms with van der Waals surface area (Å²) in [7, 11) is 0. The molecule has 1 unspecified atom stereocenters. The lowest BCUT2D eigenvalue weighted by Crippen LogP contribution is -2.45. The molecule has 10 heteroatoms. The Morgan fingerprint density at radius 2 is 1.92 bits per heavy atom. The second-order valence-corrected chi connectivity index (χ2v) is 8.02. The van der Waals surface area contributed by atoms with Gasteiger partial charge in [-0.2, -0.15) is 0 Å². The quantitative estimate of drug-likeness (QED) is 0.619. The van der Waals surface area contributed by atoms with Crippen LogP contribution in [0.4, 0.5) is 10.5 Å². The smallest absolute Gasteiger partial charge is 0.408 e. The number of nitrogens with one attached hydrogen (secondary N) is 2. The lowest BCUT2D eigenvalue weighted by molar-refractivity contribution is -0.138. The first-order chi connectivity index (χ1) is 12.0. The monoisotopic (exact) mass is 422 g/mol. The molecule has 0 saturated heterocycles. The molecule has 0 saturated carbocycles. The average Bonchev–Trinajstić information content (AvgIpc) is 2.49. The summed E-state index contributed by atoms with van der Waals surface area (Å²) >= 11 is 12.9. The third-order valence-electron chi connectivity index (χ3n) is 2.73. The molecule has 0 fully saturated rings. The molecule has 0 heterocycles. The van der Waals surface area contributed by atoms with Gasteiger partial charge in [-0.3, -0.25) is 4.79 Å². The Morgan fingerprint density at radius 1 is 1.27 bits per heavy atom. The Labute approximate surface area is 165 Å². The van der Waals surface area contributed by atoms with Gasteiger partial charge in [-0.25, -0.2) is 9.59 Å². The number of carbonyl (C=O) groups excluding carboxylic acids is 2. The molecule has 7 nitrogen and oxygen atoms in total. The number of hydrogen-bond acceptors (Lipinski definition) is 5. The van der Waals surface area contributed by atoms with Crippen molar-refractivity contribution in [3.05, 3.63) is 28.2 Å². The minimum absolute atomic E-state index is 0.00866. The summed E-state index contributed by atoms with van der Waals surface area (Å²) < 4.78 is 5.02. The van der Waals surface area contributed by atoms with E-state index in [9.17, 15) is 19.5 Å². The number of benzene rings is 1. The van der Waals surface area contributed by atoms with Gasteiger partial charge in [0.1, 0.15) is 11.6 Å². The molecule has 1 aromatic rings. The van der Waals surface area contributed by atoms with E-state index in [4.69, 9.17) is 27.9 Å². The number of rotatable bonds is 7. The zero-order valence-electron chi connectivity index (χ0n) is 14.5. The Bertz CT molecular complexity index is 679. The molecule has 0 aromatic heterocycles. The van der Waals surface area contributed by atoms with Crippen molar-refractivity contribution < 1.29 is 24.2 Å². The van der Waals surface area contributed by atoms with Crippen molar-refractivity contribution in [1.29, 1.82) is 0 Å². The molecule has 3 N–H and O–H groups in total. The van der Waals surface area contributed by atoms with Gasteiger partial charge < -0.3 is 20.5 Å². The molecular weight excluding hydrogens is 403 g/mol. The van der Waals surface area contributed by atoms with Gasteiger partial charge >= 0.3 is 12.1 Å². The third-order valence-corrected chi connectivity index (χ3v) is 4.59. The molecule has 1 atom stereocenters. The van der Waals surface area contributed by atoms with E-state index < -0.39 is 23.7 Å². The Balaban J connectivity index is 2.49. The lowest BCUT2D eigenvalue weighted by Gasteiger charge is -2.21. The molecule has 1 rings (SSSR count). The van der Waals surface area contributed by atoms with Crippen LogP contribution >= 0.6 is 35.0 Å². The minimum atomic E-state index is -1.22. The summed E-state index contributed by atoms with van der Waals surface area (Å²) in [5, 5.41) is 14.6. The summed E-state index contributed by atoms with van der Waals surface area (Å²) in [5.41, 5.74) is -0.373. The molecule has 0 aliphatic rings. The molecule has 0 bridgehead atoms. The number of ether oxygens (including phenoxy) is 1. The van der Waals surface area contributed by atoms with E-state index in [0.29, 0.717) is 10.7 Å². The number of aliphatic carboxylic acids is 1. The fourth-order valence-electron chi connectivity index (χ4n) is 1.68.